The van der Waals surface area contributed by atoms with Crippen LogP contribution < -0.4 is 0 Å². The fraction of sp³-hybridized carbons (Fsp3) is 0.889. The summed E-state index contributed by atoms with van der Waals surface area (Å²) in [5.74, 6) is -0.429. The highest BCUT2D eigenvalue weighted by atomic mass is 32.2. The normalized spacial score (nSPS) is 20.6. The SMILES string of the molecule is O=C(O)CC(O)CSC1CCOCC1. The van der Waals surface area contributed by atoms with Crippen molar-refractivity contribution in [2.75, 3.05) is 19.0 Å². The Hall–Kier alpha value is -0.260. The molecule has 0 radical (unpaired) electrons. The number of carbonyl (C=O) groups is 1. The van der Waals surface area contributed by atoms with Gasteiger partial charge in [-0.2, -0.15) is 11.8 Å². The molecule has 0 spiro atoms. The zero-order valence-corrected chi connectivity index (χ0v) is 8.83. The molecule has 1 aliphatic heterocycles. The molecule has 1 saturated heterocycles. The lowest BCUT2D eigenvalue weighted by Gasteiger charge is -2.22. The molecule has 5 heteroatoms. The highest BCUT2D eigenvalue weighted by Gasteiger charge is 2.17. The Labute approximate surface area is 87.6 Å². The number of thioether (sulfide) groups is 1. The van der Waals surface area contributed by atoms with Gasteiger partial charge < -0.3 is 14.9 Å². The van der Waals surface area contributed by atoms with Gasteiger partial charge in [-0.05, 0) is 12.8 Å². The minimum absolute atomic E-state index is 0.157. The molecule has 0 saturated carbocycles. The average molecular weight is 220 g/mol. The quantitative estimate of drug-likeness (QED) is 0.715. The first-order valence-corrected chi connectivity index (χ1v) is 5.82. The van der Waals surface area contributed by atoms with Gasteiger partial charge in [0.05, 0.1) is 12.5 Å². The van der Waals surface area contributed by atoms with Crippen LogP contribution in [-0.4, -0.2) is 46.5 Å². The van der Waals surface area contributed by atoms with E-state index < -0.39 is 12.1 Å². The van der Waals surface area contributed by atoms with Crippen molar-refractivity contribution in [3.8, 4) is 0 Å². The van der Waals surface area contributed by atoms with Crippen LogP contribution in [0.15, 0.2) is 0 Å². The third-order valence-corrected chi connectivity index (χ3v) is 3.62. The van der Waals surface area contributed by atoms with Crippen LogP contribution in [0.4, 0.5) is 0 Å². The number of aliphatic hydroxyl groups is 1. The van der Waals surface area contributed by atoms with E-state index in [0.717, 1.165) is 26.1 Å². The smallest absolute Gasteiger partial charge is 0.306 e. The largest absolute Gasteiger partial charge is 0.481 e. The topological polar surface area (TPSA) is 66.8 Å². The predicted octanol–water partition coefficient (Wildman–Crippen LogP) is 0.734. The minimum Gasteiger partial charge on any atom is -0.481 e. The highest BCUT2D eigenvalue weighted by molar-refractivity contribution is 7.99. The van der Waals surface area contributed by atoms with Crippen LogP contribution in [0.3, 0.4) is 0 Å². The molecule has 0 aromatic rings. The van der Waals surface area contributed by atoms with Crippen molar-refractivity contribution in [3.05, 3.63) is 0 Å². The second-order valence-electron chi connectivity index (χ2n) is 3.40. The molecule has 14 heavy (non-hydrogen) atoms. The van der Waals surface area contributed by atoms with Gasteiger partial charge in [0, 0.05) is 24.2 Å². The Morgan fingerprint density at radius 1 is 1.50 bits per heavy atom. The van der Waals surface area contributed by atoms with Gasteiger partial charge in [0.1, 0.15) is 0 Å². The molecular weight excluding hydrogens is 204 g/mol. The number of aliphatic hydroxyl groups excluding tert-OH is 1. The maximum Gasteiger partial charge on any atom is 0.306 e. The molecule has 0 aromatic heterocycles. The first-order chi connectivity index (χ1) is 6.68. The summed E-state index contributed by atoms with van der Waals surface area (Å²) < 4.78 is 5.20. The summed E-state index contributed by atoms with van der Waals surface area (Å²) in [6.45, 7) is 1.57. The van der Waals surface area contributed by atoms with Crippen molar-refractivity contribution < 1.29 is 19.7 Å². The lowest BCUT2D eigenvalue weighted by Crippen LogP contribution is -2.21. The molecule has 1 fully saturated rings. The highest BCUT2D eigenvalue weighted by Crippen LogP contribution is 2.22. The summed E-state index contributed by atoms with van der Waals surface area (Å²) in [4.78, 5) is 10.3. The predicted molar refractivity (Wildman–Crippen MR) is 54.6 cm³/mol. The molecule has 4 nitrogen and oxygen atoms in total. The molecule has 0 aliphatic carbocycles. The molecule has 2 N–H and O–H groups in total. The van der Waals surface area contributed by atoms with E-state index in [2.05, 4.69) is 0 Å². The molecule has 0 aromatic carbocycles. The number of aliphatic carboxylic acids is 1. The Morgan fingerprint density at radius 2 is 2.14 bits per heavy atom. The molecular formula is C9H16O4S. The van der Waals surface area contributed by atoms with Crippen LogP contribution >= 0.6 is 11.8 Å². The first-order valence-electron chi connectivity index (χ1n) is 4.77. The van der Waals surface area contributed by atoms with E-state index in [4.69, 9.17) is 9.84 Å². The van der Waals surface area contributed by atoms with Gasteiger partial charge in [0.25, 0.3) is 0 Å². The minimum atomic E-state index is -0.940. The number of carboxylic acid groups (broad SMARTS) is 1. The monoisotopic (exact) mass is 220 g/mol. The number of ether oxygens (including phenoxy) is 1. The second kappa shape index (κ2) is 6.27. The third kappa shape index (κ3) is 4.83. The zero-order valence-electron chi connectivity index (χ0n) is 8.02. The van der Waals surface area contributed by atoms with Crippen molar-refractivity contribution in [1.82, 2.24) is 0 Å². The molecule has 1 heterocycles. The standard InChI is InChI=1S/C9H16O4S/c10-7(5-9(11)12)6-14-8-1-3-13-4-2-8/h7-8,10H,1-6H2,(H,11,12). The Kier molecular flexibility index (Phi) is 5.29. The second-order valence-corrected chi connectivity index (χ2v) is 4.73. The molecule has 0 amide bonds. The Bertz CT molecular complexity index is 180. The van der Waals surface area contributed by atoms with E-state index in [-0.39, 0.29) is 6.42 Å². The van der Waals surface area contributed by atoms with Crippen LogP contribution in [0.1, 0.15) is 19.3 Å². The van der Waals surface area contributed by atoms with Crippen LogP contribution in [-0.2, 0) is 9.53 Å². The molecule has 1 atom stereocenters. The Morgan fingerprint density at radius 3 is 2.71 bits per heavy atom. The number of hydrogen-bond acceptors (Lipinski definition) is 4. The van der Waals surface area contributed by atoms with E-state index in [1.54, 1.807) is 11.8 Å². The van der Waals surface area contributed by atoms with E-state index in [1.807, 2.05) is 0 Å². The number of hydrogen-bond donors (Lipinski definition) is 2. The maximum absolute atomic E-state index is 10.3. The average Bonchev–Trinajstić information content (AvgIpc) is 2.15. The number of carboxylic acids is 1. The molecule has 1 rings (SSSR count). The van der Waals surface area contributed by atoms with Gasteiger partial charge in [-0.3, -0.25) is 4.79 Å². The van der Waals surface area contributed by atoms with Gasteiger partial charge in [-0.1, -0.05) is 0 Å². The fourth-order valence-electron chi connectivity index (χ4n) is 1.35. The molecule has 0 bridgehead atoms. The van der Waals surface area contributed by atoms with Crippen molar-refractivity contribution in [1.29, 1.82) is 0 Å². The van der Waals surface area contributed by atoms with Crippen molar-refractivity contribution in [3.63, 3.8) is 0 Å². The van der Waals surface area contributed by atoms with Gasteiger partial charge in [-0.25, -0.2) is 0 Å². The van der Waals surface area contributed by atoms with Gasteiger partial charge in [0.2, 0.25) is 0 Å². The number of rotatable bonds is 5. The first kappa shape index (κ1) is 11.8. The van der Waals surface area contributed by atoms with Crippen LogP contribution in [0.5, 0.6) is 0 Å². The van der Waals surface area contributed by atoms with E-state index in [0.29, 0.717) is 11.0 Å². The molecule has 82 valence electrons. The Balaban J connectivity index is 2.09. The van der Waals surface area contributed by atoms with Crippen molar-refractivity contribution in [2.24, 2.45) is 0 Å². The zero-order chi connectivity index (χ0) is 10.4. The summed E-state index contributed by atoms with van der Waals surface area (Å²) in [7, 11) is 0. The van der Waals surface area contributed by atoms with Gasteiger partial charge >= 0.3 is 5.97 Å². The van der Waals surface area contributed by atoms with Crippen LogP contribution in [0.2, 0.25) is 0 Å². The lowest BCUT2D eigenvalue weighted by atomic mass is 10.2. The van der Waals surface area contributed by atoms with E-state index in [1.165, 1.54) is 0 Å². The van der Waals surface area contributed by atoms with Crippen molar-refractivity contribution in [2.45, 2.75) is 30.6 Å². The summed E-state index contributed by atoms with van der Waals surface area (Å²) in [5, 5.41) is 18.3. The lowest BCUT2D eigenvalue weighted by molar-refractivity contribution is -0.138. The molecule has 1 unspecified atom stereocenters. The fourth-order valence-corrected chi connectivity index (χ4v) is 2.49. The third-order valence-electron chi connectivity index (χ3n) is 2.10. The van der Waals surface area contributed by atoms with Gasteiger partial charge in [-0.15, -0.1) is 0 Å². The summed E-state index contributed by atoms with van der Waals surface area (Å²) in [6, 6.07) is 0. The summed E-state index contributed by atoms with van der Waals surface area (Å²) in [5.41, 5.74) is 0. The van der Waals surface area contributed by atoms with Crippen LogP contribution in [0, 0.1) is 0 Å². The van der Waals surface area contributed by atoms with Crippen molar-refractivity contribution >= 4 is 17.7 Å². The molecule has 1 aliphatic rings. The van der Waals surface area contributed by atoms with E-state index >= 15 is 0 Å². The maximum atomic E-state index is 10.3. The summed E-state index contributed by atoms with van der Waals surface area (Å²) >= 11 is 1.65. The van der Waals surface area contributed by atoms with E-state index in [9.17, 15) is 9.90 Å². The summed E-state index contributed by atoms with van der Waals surface area (Å²) in [6.07, 6.45) is 1.13. The van der Waals surface area contributed by atoms with Crippen LogP contribution in [0.25, 0.3) is 0 Å². The van der Waals surface area contributed by atoms with Gasteiger partial charge in [0.15, 0.2) is 0 Å².